The number of rotatable bonds is 13. The molecule has 28 heavy (non-hydrogen) atoms. The first-order chi connectivity index (χ1) is 13.4. The molecule has 1 aromatic carbocycles. The third-order valence-corrected chi connectivity index (χ3v) is 4.59. The number of aryl methyl sites for hydroxylation is 1. The molecule has 154 valence electrons. The lowest BCUT2D eigenvalue weighted by Gasteiger charge is -2.27. The lowest BCUT2D eigenvalue weighted by atomic mass is 10.0. The Morgan fingerprint density at radius 3 is 2.57 bits per heavy atom. The van der Waals surface area contributed by atoms with Crippen LogP contribution in [0.15, 0.2) is 18.2 Å². The average Bonchev–Trinajstić information content (AvgIpc) is 2.66. The number of carbonyl (C=O) groups is 4. The lowest BCUT2D eigenvalue weighted by molar-refractivity contribution is -0.126. The second-order valence-corrected chi connectivity index (χ2v) is 6.75. The van der Waals surface area contributed by atoms with Gasteiger partial charge < -0.3 is 16.0 Å². The molecule has 0 aliphatic carbocycles. The number of nitrogens with one attached hydrogen (secondary N) is 2. The monoisotopic (exact) mass is 390 g/mol. The number of anilines is 1. The molecule has 0 saturated heterocycles. The van der Waals surface area contributed by atoms with Gasteiger partial charge in [0, 0.05) is 31.1 Å². The van der Waals surface area contributed by atoms with E-state index in [-0.39, 0.29) is 24.3 Å². The zero-order valence-electron chi connectivity index (χ0n) is 16.6. The maximum atomic E-state index is 12.2. The van der Waals surface area contributed by atoms with Gasteiger partial charge in [0.25, 0.3) is 0 Å². The summed E-state index contributed by atoms with van der Waals surface area (Å²) in [4.78, 5) is 47.1. The van der Waals surface area contributed by atoms with Crippen molar-refractivity contribution in [2.75, 3.05) is 11.9 Å². The number of amides is 4. The van der Waals surface area contributed by atoms with Crippen LogP contribution in [0.5, 0.6) is 0 Å². The van der Waals surface area contributed by atoms with E-state index in [1.165, 1.54) is 0 Å². The molecule has 0 saturated carbocycles. The second kappa shape index (κ2) is 12.6. The Kier molecular flexibility index (Phi) is 10.5. The van der Waals surface area contributed by atoms with E-state index in [9.17, 15) is 19.2 Å². The average molecular weight is 390 g/mol. The van der Waals surface area contributed by atoms with Gasteiger partial charge in [0.05, 0.1) is 0 Å². The molecule has 0 spiro atoms. The highest BCUT2D eigenvalue weighted by Crippen LogP contribution is 2.23. The van der Waals surface area contributed by atoms with E-state index >= 15 is 0 Å². The Balaban J connectivity index is 2.81. The normalized spacial score (nSPS) is 11.4. The molecule has 1 unspecified atom stereocenters. The first kappa shape index (κ1) is 23.3. The van der Waals surface area contributed by atoms with Gasteiger partial charge in [-0.3, -0.25) is 24.5 Å². The lowest BCUT2D eigenvalue weighted by Crippen LogP contribution is -2.33. The van der Waals surface area contributed by atoms with E-state index in [1.54, 1.807) is 4.90 Å². The Morgan fingerprint density at radius 1 is 1.18 bits per heavy atom. The van der Waals surface area contributed by atoms with Gasteiger partial charge in [0.1, 0.15) is 0 Å². The van der Waals surface area contributed by atoms with Gasteiger partial charge in [-0.1, -0.05) is 12.1 Å². The zero-order valence-corrected chi connectivity index (χ0v) is 16.6. The summed E-state index contributed by atoms with van der Waals surface area (Å²) in [7, 11) is 0. The molecule has 1 aromatic rings. The Morgan fingerprint density at radius 2 is 1.93 bits per heavy atom. The van der Waals surface area contributed by atoms with Crippen molar-refractivity contribution in [3.05, 3.63) is 29.3 Å². The number of carbonyl (C=O) groups excluding carboxylic acids is 4. The summed E-state index contributed by atoms with van der Waals surface area (Å²) in [6, 6.07) is 5.38. The Bertz CT molecular complexity index is 678. The molecule has 1 rings (SSSR count). The van der Waals surface area contributed by atoms with Crippen molar-refractivity contribution in [3.8, 4) is 0 Å². The van der Waals surface area contributed by atoms with Gasteiger partial charge in [0.15, 0.2) is 0 Å². The van der Waals surface area contributed by atoms with E-state index in [0.717, 1.165) is 30.4 Å². The standard InChI is InChI=1S/C20H30N4O4/c1-15-6-5-7-18(23-20(28)8-3-4-11-21)17(15)12-24(14-26)16(2)9-10-19(27)22-13-25/h5-7,13-14,16H,3-4,8-12,21H2,1-2H3,(H,23,28)(H,22,25,27). The van der Waals surface area contributed by atoms with Gasteiger partial charge in [-0.15, -0.1) is 0 Å². The molecule has 0 radical (unpaired) electrons. The third-order valence-electron chi connectivity index (χ3n) is 4.59. The van der Waals surface area contributed by atoms with Crippen LogP contribution in [-0.4, -0.2) is 42.1 Å². The van der Waals surface area contributed by atoms with Gasteiger partial charge >= 0.3 is 0 Å². The number of unbranched alkanes of at least 4 members (excludes halogenated alkanes) is 1. The first-order valence-corrected chi connectivity index (χ1v) is 9.45. The van der Waals surface area contributed by atoms with Crippen LogP contribution in [0.25, 0.3) is 0 Å². The predicted molar refractivity (Wildman–Crippen MR) is 107 cm³/mol. The fourth-order valence-electron chi connectivity index (χ4n) is 2.80. The maximum absolute atomic E-state index is 12.2. The van der Waals surface area contributed by atoms with Crippen molar-refractivity contribution < 1.29 is 19.2 Å². The summed E-state index contributed by atoms with van der Waals surface area (Å²) in [5, 5.41) is 5.01. The summed E-state index contributed by atoms with van der Waals surface area (Å²) in [5.41, 5.74) is 7.94. The van der Waals surface area contributed by atoms with Gasteiger partial charge in [-0.05, 0) is 56.8 Å². The topological polar surface area (TPSA) is 122 Å². The van der Waals surface area contributed by atoms with Crippen LogP contribution >= 0.6 is 0 Å². The highest BCUT2D eigenvalue weighted by molar-refractivity contribution is 5.91. The summed E-state index contributed by atoms with van der Waals surface area (Å²) in [5.74, 6) is -0.467. The molecular weight excluding hydrogens is 360 g/mol. The van der Waals surface area contributed by atoms with E-state index < -0.39 is 0 Å². The Labute approximate surface area is 165 Å². The highest BCUT2D eigenvalue weighted by Gasteiger charge is 2.17. The number of nitrogens with zero attached hydrogens (tertiary/aromatic N) is 1. The largest absolute Gasteiger partial charge is 0.338 e. The number of nitrogens with two attached hydrogens (primary N) is 1. The minimum Gasteiger partial charge on any atom is -0.338 e. The zero-order chi connectivity index (χ0) is 20.9. The fraction of sp³-hybridized carbons (Fsp3) is 0.500. The molecule has 0 aromatic heterocycles. The summed E-state index contributed by atoms with van der Waals surface area (Å²) in [6.45, 7) is 4.63. The predicted octanol–water partition coefficient (Wildman–Crippen LogP) is 1.46. The van der Waals surface area contributed by atoms with Crippen LogP contribution in [0.3, 0.4) is 0 Å². The molecule has 0 fully saturated rings. The van der Waals surface area contributed by atoms with Crippen LogP contribution in [0, 0.1) is 6.92 Å². The molecule has 0 bridgehead atoms. The molecule has 4 N–H and O–H groups in total. The van der Waals surface area contributed by atoms with Crippen LogP contribution in [0.1, 0.15) is 50.2 Å². The highest BCUT2D eigenvalue weighted by atomic mass is 16.2. The van der Waals surface area contributed by atoms with Crippen molar-refractivity contribution in [1.82, 2.24) is 10.2 Å². The Hall–Kier alpha value is -2.74. The molecule has 0 heterocycles. The minimum atomic E-state index is -0.381. The van der Waals surface area contributed by atoms with Crippen molar-refractivity contribution in [2.24, 2.45) is 5.73 Å². The number of hydrogen-bond acceptors (Lipinski definition) is 5. The molecular formula is C20H30N4O4. The number of imide groups is 1. The SMILES string of the molecule is Cc1cccc(NC(=O)CCCCN)c1CN(C=O)C(C)CCC(=O)NC=O. The van der Waals surface area contributed by atoms with Gasteiger partial charge in [0.2, 0.25) is 24.6 Å². The molecule has 0 aliphatic rings. The van der Waals surface area contributed by atoms with Crippen LogP contribution in [-0.2, 0) is 25.7 Å². The third kappa shape index (κ3) is 7.87. The second-order valence-electron chi connectivity index (χ2n) is 6.75. The van der Waals surface area contributed by atoms with Gasteiger partial charge in [-0.2, -0.15) is 0 Å². The quantitative estimate of drug-likeness (QED) is 0.348. The molecule has 8 heteroatoms. The number of benzene rings is 1. The maximum Gasteiger partial charge on any atom is 0.226 e. The van der Waals surface area contributed by atoms with Crippen LogP contribution in [0.2, 0.25) is 0 Å². The smallest absolute Gasteiger partial charge is 0.226 e. The summed E-state index contributed by atoms with van der Waals surface area (Å²) in [6.07, 6.45) is 3.56. The van der Waals surface area contributed by atoms with E-state index in [4.69, 9.17) is 5.73 Å². The molecule has 4 amide bonds. The van der Waals surface area contributed by atoms with E-state index in [2.05, 4.69) is 10.6 Å². The van der Waals surface area contributed by atoms with Crippen molar-refractivity contribution in [2.45, 2.75) is 58.5 Å². The molecule has 8 nitrogen and oxygen atoms in total. The fourth-order valence-corrected chi connectivity index (χ4v) is 2.80. The van der Waals surface area contributed by atoms with Crippen LogP contribution in [0.4, 0.5) is 5.69 Å². The van der Waals surface area contributed by atoms with E-state index in [1.807, 2.05) is 32.0 Å². The summed E-state index contributed by atoms with van der Waals surface area (Å²) >= 11 is 0. The van der Waals surface area contributed by atoms with Crippen molar-refractivity contribution in [3.63, 3.8) is 0 Å². The molecule has 0 aliphatic heterocycles. The first-order valence-electron chi connectivity index (χ1n) is 9.45. The summed E-state index contributed by atoms with van der Waals surface area (Å²) < 4.78 is 0. The number of hydrogen-bond donors (Lipinski definition) is 3. The van der Waals surface area contributed by atoms with Crippen molar-refractivity contribution >= 4 is 30.3 Å². The van der Waals surface area contributed by atoms with Crippen molar-refractivity contribution in [1.29, 1.82) is 0 Å². The minimum absolute atomic E-state index is 0.0865. The van der Waals surface area contributed by atoms with E-state index in [0.29, 0.717) is 38.0 Å². The molecule has 1 atom stereocenters. The van der Waals surface area contributed by atoms with Gasteiger partial charge in [-0.25, -0.2) is 0 Å². The van der Waals surface area contributed by atoms with Crippen LogP contribution < -0.4 is 16.4 Å².